The highest BCUT2D eigenvalue weighted by atomic mass is 16.1. The Morgan fingerprint density at radius 1 is 1.33 bits per heavy atom. The van der Waals surface area contributed by atoms with E-state index in [4.69, 9.17) is 5.26 Å². The number of rotatable bonds is 0. The summed E-state index contributed by atoms with van der Waals surface area (Å²) in [7, 11) is 0. The summed E-state index contributed by atoms with van der Waals surface area (Å²) in [6.45, 7) is 5.63. The number of nitrogens with zero attached hydrogens (tertiary/aromatic N) is 1. The number of ketones is 1. The van der Waals surface area contributed by atoms with E-state index in [9.17, 15) is 4.79 Å². The molecule has 0 bridgehead atoms. The Kier molecular flexibility index (Phi) is 1.99. The van der Waals surface area contributed by atoms with Gasteiger partial charge in [0.15, 0.2) is 5.78 Å². The Hall–Kier alpha value is -0.840. The standard InChI is InChI=1S/C10H15NO/c1-9(2)5-4-6-10(3,7-11)8(9)12/h4-6H2,1-3H3. The normalized spacial score (nSPS) is 34.3. The molecule has 1 unspecified atom stereocenters. The third-order valence-electron chi connectivity index (χ3n) is 2.84. The van der Waals surface area contributed by atoms with Gasteiger partial charge in [0.2, 0.25) is 0 Å². The van der Waals surface area contributed by atoms with Crippen LogP contribution in [0.3, 0.4) is 0 Å². The van der Waals surface area contributed by atoms with Gasteiger partial charge in [0.05, 0.1) is 6.07 Å². The van der Waals surface area contributed by atoms with Gasteiger partial charge in [-0.2, -0.15) is 5.26 Å². The van der Waals surface area contributed by atoms with Gasteiger partial charge in [-0.25, -0.2) is 0 Å². The predicted molar refractivity (Wildman–Crippen MR) is 46.4 cm³/mol. The lowest BCUT2D eigenvalue weighted by Crippen LogP contribution is -2.41. The van der Waals surface area contributed by atoms with Crippen molar-refractivity contribution < 1.29 is 4.79 Å². The van der Waals surface area contributed by atoms with E-state index in [1.807, 2.05) is 13.8 Å². The fourth-order valence-electron chi connectivity index (χ4n) is 1.96. The molecule has 1 saturated carbocycles. The van der Waals surface area contributed by atoms with E-state index >= 15 is 0 Å². The summed E-state index contributed by atoms with van der Waals surface area (Å²) in [5.74, 6) is 0.115. The number of hydrogen-bond donors (Lipinski definition) is 0. The third kappa shape index (κ3) is 1.24. The fraction of sp³-hybridized carbons (Fsp3) is 0.800. The Balaban J connectivity index is 2.97. The summed E-state index contributed by atoms with van der Waals surface area (Å²) in [6, 6.07) is 2.14. The van der Waals surface area contributed by atoms with Crippen molar-refractivity contribution >= 4 is 5.78 Å². The van der Waals surface area contributed by atoms with Crippen LogP contribution in [0.15, 0.2) is 0 Å². The summed E-state index contributed by atoms with van der Waals surface area (Å²) in [4.78, 5) is 11.8. The summed E-state index contributed by atoms with van der Waals surface area (Å²) in [5, 5.41) is 8.88. The molecule has 0 saturated heterocycles. The second-order valence-corrected chi connectivity index (χ2v) is 4.51. The highest BCUT2D eigenvalue weighted by molar-refractivity contribution is 5.92. The van der Waals surface area contributed by atoms with Crippen LogP contribution in [0.1, 0.15) is 40.0 Å². The maximum absolute atomic E-state index is 11.8. The number of Topliss-reactive ketones (excluding diaryl/α,β-unsaturated/α-hetero) is 1. The molecule has 0 amide bonds. The topological polar surface area (TPSA) is 40.9 Å². The van der Waals surface area contributed by atoms with E-state index in [0.717, 1.165) is 19.3 Å². The van der Waals surface area contributed by atoms with E-state index in [2.05, 4.69) is 6.07 Å². The SMILES string of the molecule is CC1(C)CCCC(C)(C#N)C1=O. The molecule has 12 heavy (non-hydrogen) atoms. The average molecular weight is 165 g/mol. The van der Waals surface area contributed by atoms with E-state index < -0.39 is 5.41 Å². The zero-order valence-corrected chi connectivity index (χ0v) is 7.98. The van der Waals surface area contributed by atoms with Crippen LogP contribution >= 0.6 is 0 Å². The van der Waals surface area contributed by atoms with Gasteiger partial charge in [-0.15, -0.1) is 0 Å². The maximum Gasteiger partial charge on any atom is 0.158 e. The Bertz CT molecular complexity index is 249. The van der Waals surface area contributed by atoms with Gasteiger partial charge in [0.1, 0.15) is 5.41 Å². The Morgan fingerprint density at radius 2 is 1.92 bits per heavy atom. The van der Waals surface area contributed by atoms with Crippen molar-refractivity contribution in [1.29, 1.82) is 5.26 Å². The van der Waals surface area contributed by atoms with Crippen LogP contribution in [0.4, 0.5) is 0 Å². The van der Waals surface area contributed by atoms with Crippen molar-refractivity contribution in [2.75, 3.05) is 0 Å². The maximum atomic E-state index is 11.8. The zero-order chi connectivity index (χ0) is 9.41. The molecular weight excluding hydrogens is 150 g/mol. The lowest BCUT2D eigenvalue weighted by atomic mass is 9.64. The molecule has 0 spiro atoms. The molecule has 1 aliphatic carbocycles. The molecule has 1 fully saturated rings. The monoisotopic (exact) mass is 165 g/mol. The van der Waals surface area contributed by atoms with Crippen LogP contribution in [0.2, 0.25) is 0 Å². The Morgan fingerprint density at radius 3 is 2.33 bits per heavy atom. The molecule has 0 aromatic carbocycles. The molecule has 66 valence electrons. The number of nitriles is 1. The fourth-order valence-corrected chi connectivity index (χ4v) is 1.96. The van der Waals surface area contributed by atoms with Crippen molar-refractivity contribution in [1.82, 2.24) is 0 Å². The predicted octanol–water partition coefficient (Wildman–Crippen LogP) is 2.30. The molecule has 1 rings (SSSR count). The van der Waals surface area contributed by atoms with Crippen LogP contribution in [0, 0.1) is 22.2 Å². The van der Waals surface area contributed by atoms with Crippen LogP contribution < -0.4 is 0 Å². The summed E-state index contributed by atoms with van der Waals surface area (Å²) >= 11 is 0. The summed E-state index contributed by atoms with van der Waals surface area (Å²) in [5.41, 5.74) is -1.01. The zero-order valence-electron chi connectivity index (χ0n) is 7.98. The van der Waals surface area contributed by atoms with Crippen molar-refractivity contribution in [3.63, 3.8) is 0 Å². The van der Waals surface area contributed by atoms with E-state index in [1.165, 1.54) is 0 Å². The minimum atomic E-state index is -0.720. The molecule has 0 aromatic heterocycles. The first-order chi connectivity index (χ1) is 5.42. The highest BCUT2D eigenvalue weighted by Gasteiger charge is 2.45. The van der Waals surface area contributed by atoms with Gasteiger partial charge in [-0.1, -0.05) is 20.3 Å². The molecule has 2 nitrogen and oxygen atoms in total. The molecule has 1 aliphatic rings. The van der Waals surface area contributed by atoms with Gasteiger partial charge < -0.3 is 0 Å². The molecule has 0 aliphatic heterocycles. The van der Waals surface area contributed by atoms with Gasteiger partial charge in [-0.05, 0) is 19.8 Å². The minimum absolute atomic E-state index is 0.115. The lowest BCUT2D eigenvalue weighted by molar-refractivity contribution is -0.137. The second-order valence-electron chi connectivity index (χ2n) is 4.51. The van der Waals surface area contributed by atoms with Crippen LogP contribution in [-0.2, 0) is 4.79 Å². The van der Waals surface area contributed by atoms with Crippen molar-refractivity contribution in [2.24, 2.45) is 10.8 Å². The molecule has 0 heterocycles. The first kappa shape index (κ1) is 9.25. The smallest absolute Gasteiger partial charge is 0.158 e. The number of carbonyl (C=O) groups excluding carboxylic acids is 1. The van der Waals surface area contributed by atoms with Gasteiger partial charge in [-0.3, -0.25) is 4.79 Å². The Labute approximate surface area is 73.6 Å². The molecule has 0 N–H and O–H groups in total. The summed E-state index contributed by atoms with van der Waals surface area (Å²) < 4.78 is 0. The summed E-state index contributed by atoms with van der Waals surface area (Å²) in [6.07, 6.45) is 2.64. The van der Waals surface area contributed by atoms with Gasteiger partial charge >= 0.3 is 0 Å². The number of hydrogen-bond acceptors (Lipinski definition) is 2. The first-order valence-electron chi connectivity index (χ1n) is 4.38. The van der Waals surface area contributed by atoms with Gasteiger partial charge in [0, 0.05) is 5.41 Å². The third-order valence-corrected chi connectivity index (χ3v) is 2.84. The lowest BCUT2D eigenvalue weighted by Gasteiger charge is -2.36. The molecule has 2 heteroatoms. The molecular formula is C10H15NO. The van der Waals surface area contributed by atoms with Crippen molar-refractivity contribution in [3.05, 3.63) is 0 Å². The molecule has 0 radical (unpaired) electrons. The molecule has 0 aromatic rings. The van der Waals surface area contributed by atoms with E-state index in [1.54, 1.807) is 6.92 Å². The largest absolute Gasteiger partial charge is 0.297 e. The van der Waals surface area contributed by atoms with E-state index in [0.29, 0.717) is 0 Å². The minimum Gasteiger partial charge on any atom is -0.297 e. The highest BCUT2D eigenvalue weighted by Crippen LogP contribution is 2.42. The quantitative estimate of drug-likeness (QED) is 0.552. The van der Waals surface area contributed by atoms with Crippen molar-refractivity contribution in [2.45, 2.75) is 40.0 Å². The van der Waals surface area contributed by atoms with Crippen LogP contribution in [0.5, 0.6) is 0 Å². The second kappa shape index (κ2) is 2.58. The molecule has 1 atom stereocenters. The van der Waals surface area contributed by atoms with Crippen LogP contribution in [0.25, 0.3) is 0 Å². The van der Waals surface area contributed by atoms with Crippen molar-refractivity contribution in [3.8, 4) is 6.07 Å². The number of carbonyl (C=O) groups is 1. The van der Waals surface area contributed by atoms with E-state index in [-0.39, 0.29) is 11.2 Å². The average Bonchev–Trinajstić information content (AvgIpc) is 2.00. The van der Waals surface area contributed by atoms with Crippen LogP contribution in [-0.4, -0.2) is 5.78 Å². The van der Waals surface area contributed by atoms with Gasteiger partial charge in [0.25, 0.3) is 0 Å². The first-order valence-corrected chi connectivity index (χ1v) is 4.38.